The minimum atomic E-state index is 0.645. The fraction of sp³-hybridized carbons (Fsp3) is 0.167. The lowest BCUT2D eigenvalue weighted by atomic mass is 10.2. The lowest BCUT2D eigenvalue weighted by Gasteiger charge is -2.08. The summed E-state index contributed by atoms with van der Waals surface area (Å²) >= 11 is 5.13. The second-order valence-electron chi connectivity index (χ2n) is 3.33. The highest BCUT2D eigenvalue weighted by atomic mass is 79.9. The Morgan fingerprint density at radius 2 is 2.20 bits per heavy atom. The van der Waals surface area contributed by atoms with Crippen molar-refractivity contribution < 1.29 is 4.74 Å². The first kappa shape index (κ1) is 10.7. The first-order chi connectivity index (χ1) is 7.25. The third-order valence-electron chi connectivity index (χ3n) is 2.11. The van der Waals surface area contributed by atoms with Gasteiger partial charge in [0.15, 0.2) is 0 Å². The smallest absolute Gasteiger partial charge is 0.122 e. The molecule has 2 rings (SSSR count). The Hall–Kier alpha value is -0.800. The molecule has 0 atom stereocenters. The van der Waals surface area contributed by atoms with Gasteiger partial charge in [-0.05, 0) is 53.1 Å². The summed E-state index contributed by atoms with van der Waals surface area (Å²) in [4.78, 5) is 0. The van der Waals surface area contributed by atoms with Crippen LogP contribution in [-0.4, -0.2) is 0 Å². The minimum Gasteiger partial charge on any atom is -0.489 e. The first-order valence-corrected chi connectivity index (χ1v) is 6.39. The highest BCUT2D eigenvalue weighted by Gasteiger charge is 2.00. The second-order valence-corrected chi connectivity index (χ2v) is 5.03. The molecule has 2 aromatic rings. The van der Waals surface area contributed by atoms with Gasteiger partial charge in [-0.2, -0.15) is 11.3 Å². The van der Waals surface area contributed by atoms with E-state index >= 15 is 0 Å². The molecule has 1 aromatic carbocycles. The minimum absolute atomic E-state index is 0.645. The van der Waals surface area contributed by atoms with Crippen molar-refractivity contribution in [1.29, 1.82) is 0 Å². The van der Waals surface area contributed by atoms with E-state index < -0.39 is 0 Å². The van der Waals surface area contributed by atoms with Crippen molar-refractivity contribution in [3.63, 3.8) is 0 Å². The quantitative estimate of drug-likeness (QED) is 0.811. The summed E-state index contributed by atoms with van der Waals surface area (Å²) in [5.74, 6) is 0.949. The van der Waals surface area contributed by atoms with Crippen LogP contribution in [0.5, 0.6) is 5.75 Å². The SMILES string of the molecule is Cc1cc(Br)ccc1OCc1ccsc1. The van der Waals surface area contributed by atoms with Crippen LogP contribution in [0.3, 0.4) is 0 Å². The standard InChI is InChI=1S/C12H11BrOS/c1-9-6-11(13)2-3-12(9)14-7-10-4-5-15-8-10/h2-6,8H,7H2,1H3. The summed E-state index contributed by atoms with van der Waals surface area (Å²) in [7, 11) is 0. The van der Waals surface area contributed by atoms with Crippen molar-refractivity contribution in [2.45, 2.75) is 13.5 Å². The molecule has 1 aromatic heterocycles. The number of hydrogen-bond acceptors (Lipinski definition) is 2. The molecule has 0 aliphatic heterocycles. The summed E-state index contributed by atoms with van der Waals surface area (Å²) in [5, 5.41) is 4.17. The zero-order valence-electron chi connectivity index (χ0n) is 8.37. The van der Waals surface area contributed by atoms with E-state index in [-0.39, 0.29) is 0 Å². The molecule has 3 heteroatoms. The van der Waals surface area contributed by atoms with Crippen molar-refractivity contribution in [1.82, 2.24) is 0 Å². The molecule has 1 heterocycles. The molecule has 0 aliphatic carbocycles. The van der Waals surface area contributed by atoms with Crippen molar-refractivity contribution in [2.75, 3.05) is 0 Å². The van der Waals surface area contributed by atoms with Gasteiger partial charge in [0.2, 0.25) is 0 Å². The molecule has 0 fully saturated rings. The molecule has 0 spiro atoms. The predicted molar refractivity (Wildman–Crippen MR) is 67.5 cm³/mol. The Labute approximate surface area is 102 Å². The summed E-state index contributed by atoms with van der Waals surface area (Å²) in [6, 6.07) is 8.13. The molecule has 78 valence electrons. The van der Waals surface area contributed by atoms with Gasteiger partial charge in [-0.3, -0.25) is 0 Å². The van der Waals surface area contributed by atoms with Crippen LogP contribution in [0.15, 0.2) is 39.5 Å². The summed E-state index contributed by atoms with van der Waals surface area (Å²) in [5.41, 5.74) is 2.38. The van der Waals surface area contributed by atoms with Crippen molar-refractivity contribution in [3.8, 4) is 5.75 Å². The highest BCUT2D eigenvalue weighted by molar-refractivity contribution is 9.10. The van der Waals surface area contributed by atoms with Crippen LogP contribution in [0, 0.1) is 6.92 Å². The molecular weight excluding hydrogens is 272 g/mol. The number of halogens is 1. The number of benzene rings is 1. The zero-order chi connectivity index (χ0) is 10.7. The molecule has 0 N–H and O–H groups in total. The summed E-state index contributed by atoms with van der Waals surface area (Å²) in [6.45, 7) is 2.69. The van der Waals surface area contributed by atoms with Gasteiger partial charge >= 0.3 is 0 Å². The predicted octanol–water partition coefficient (Wildman–Crippen LogP) is 4.40. The number of ether oxygens (including phenoxy) is 1. The van der Waals surface area contributed by atoms with Gasteiger partial charge < -0.3 is 4.74 Å². The maximum Gasteiger partial charge on any atom is 0.122 e. The van der Waals surface area contributed by atoms with E-state index in [0.717, 1.165) is 15.8 Å². The lowest BCUT2D eigenvalue weighted by molar-refractivity contribution is 0.304. The van der Waals surface area contributed by atoms with Gasteiger partial charge in [0.05, 0.1) is 0 Å². The summed E-state index contributed by atoms with van der Waals surface area (Å²) < 4.78 is 6.81. The van der Waals surface area contributed by atoms with Crippen molar-refractivity contribution in [2.24, 2.45) is 0 Å². The first-order valence-electron chi connectivity index (χ1n) is 4.66. The van der Waals surface area contributed by atoms with Gasteiger partial charge in [-0.25, -0.2) is 0 Å². The van der Waals surface area contributed by atoms with Gasteiger partial charge in [-0.1, -0.05) is 15.9 Å². The van der Waals surface area contributed by atoms with Crippen LogP contribution in [0.2, 0.25) is 0 Å². The van der Waals surface area contributed by atoms with Crippen LogP contribution < -0.4 is 4.74 Å². The number of hydrogen-bond donors (Lipinski definition) is 0. The van der Waals surface area contributed by atoms with E-state index in [1.165, 1.54) is 5.56 Å². The van der Waals surface area contributed by atoms with Gasteiger partial charge in [0, 0.05) is 4.47 Å². The van der Waals surface area contributed by atoms with Crippen LogP contribution in [0.25, 0.3) is 0 Å². The van der Waals surface area contributed by atoms with Gasteiger partial charge in [-0.15, -0.1) is 0 Å². The highest BCUT2D eigenvalue weighted by Crippen LogP contribution is 2.23. The Morgan fingerprint density at radius 3 is 2.87 bits per heavy atom. The monoisotopic (exact) mass is 282 g/mol. The van der Waals surface area contributed by atoms with Crippen LogP contribution in [-0.2, 0) is 6.61 Å². The maximum absolute atomic E-state index is 5.72. The second kappa shape index (κ2) is 4.81. The molecular formula is C12H11BrOS. The molecule has 0 saturated heterocycles. The van der Waals surface area contributed by atoms with Crippen LogP contribution in [0.1, 0.15) is 11.1 Å². The zero-order valence-corrected chi connectivity index (χ0v) is 10.8. The molecule has 0 radical (unpaired) electrons. The Morgan fingerprint density at radius 1 is 1.33 bits per heavy atom. The molecule has 15 heavy (non-hydrogen) atoms. The topological polar surface area (TPSA) is 9.23 Å². The van der Waals surface area contributed by atoms with Crippen LogP contribution in [0.4, 0.5) is 0 Å². The average molecular weight is 283 g/mol. The fourth-order valence-corrected chi connectivity index (χ4v) is 2.44. The largest absolute Gasteiger partial charge is 0.489 e. The van der Waals surface area contributed by atoms with E-state index in [1.807, 2.05) is 19.1 Å². The molecule has 0 bridgehead atoms. The Balaban J connectivity index is 2.05. The third-order valence-corrected chi connectivity index (χ3v) is 3.34. The molecule has 0 saturated carbocycles. The van der Waals surface area contributed by atoms with Crippen LogP contribution >= 0.6 is 27.3 Å². The van der Waals surface area contributed by atoms with Crippen molar-refractivity contribution in [3.05, 3.63) is 50.6 Å². The molecule has 1 nitrogen and oxygen atoms in total. The third kappa shape index (κ3) is 2.83. The average Bonchev–Trinajstić information content (AvgIpc) is 2.69. The Bertz CT molecular complexity index is 437. The van der Waals surface area contributed by atoms with Crippen molar-refractivity contribution >= 4 is 27.3 Å². The lowest BCUT2D eigenvalue weighted by Crippen LogP contribution is -1.95. The van der Waals surface area contributed by atoms with E-state index in [0.29, 0.717) is 6.61 Å². The fourth-order valence-electron chi connectivity index (χ4n) is 1.31. The van der Waals surface area contributed by atoms with Gasteiger partial charge in [0.1, 0.15) is 12.4 Å². The molecule has 0 aliphatic rings. The van der Waals surface area contributed by atoms with E-state index in [9.17, 15) is 0 Å². The molecule has 0 amide bonds. The number of aryl methyl sites for hydroxylation is 1. The Kier molecular flexibility index (Phi) is 3.44. The normalized spacial score (nSPS) is 10.3. The van der Waals surface area contributed by atoms with Gasteiger partial charge in [0.25, 0.3) is 0 Å². The molecule has 0 unspecified atom stereocenters. The number of thiophene rings is 1. The maximum atomic E-state index is 5.72. The van der Waals surface area contributed by atoms with E-state index in [4.69, 9.17) is 4.74 Å². The van der Waals surface area contributed by atoms with E-state index in [1.54, 1.807) is 11.3 Å². The summed E-state index contributed by atoms with van der Waals surface area (Å²) in [6.07, 6.45) is 0. The number of rotatable bonds is 3. The van der Waals surface area contributed by atoms with E-state index in [2.05, 4.69) is 38.8 Å².